The summed E-state index contributed by atoms with van der Waals surface area (Å²) >= 11 is 0. The third kappa shape index (κ3) is 6.07. The van der Waals surface area contributed by atoms with Gasteiger partial charge in [-0.2, -0.15) is 0 Å². The zero-order chi connectivity index (χ0) is 21.4. The minimum absolute atomic E-state index is 0.0419. The third-order valence-corrected chi connectivity index (χ3v) is 5.55. The molecule has 1 fully saturated rings. The largest absolute Gasteiger partial charge is 0.356 e. The number of aliphatic imine (C=N–C) groups is 1. The highest BCUT2D eigenvalue weighted by Gasteiger charge is 2.43. The van der Waals surface area contributed by atoms with E-state index in [-0.39, 0.29) is 11.3 Å². The lowest BCUT2D eigenvalue weighted by atomic mass is 9.96. The van der Waals surface area contributed by atoms with Crippen molar-refractivity contribution in [3.63, 3.8) is 0 Å². The number of hydrogen-bond donors (Lipinski definition) is 3. The van der Waals surface area contributed by atoms with Gasteiger partial charge in [0.2, 0.25) is 0 Å². The maximum absolute atomic E-state index is 12.3. The molecule has 0 unspecified atom stereocenters. The molecule has 6 nitrogen and oxygen atoms in total. The van der Waals surface area contributed by atoms with Crippen LogP contribution in [0.4, 0.5) is 0 Å². The van der Waals surface area contributed by atoms with E-state index in [0.717, 1.165) is 24.6 Å². The Balaban J connectivity index is 1.50. The Morgan fingerprint density at radius 1 is 1.03 bits per heavy atom. The van der Waals surface area contributed by atoms with E-state index in [4.69, 9.17) is 0 Å². The topological polar surface area (TPSA) is 68.8 Å². The number of nitrogens with one attached hydrogen (secondary N) is 3. The van der Waals surface area contributed by atoms with E-state index in [1.54, 1.807) is 7.05 Å². The van der Waals surface area contributed by atoms with Crippen molar-refractivity contribution in [2.24, 2.45) is 4.99 Å². The first-order valence-electron chi connectivity index (χ1n) is 10.5. The van der Waals surface area contributed by atoms with Crippen molar-refractivity contribution in [3.05, 3.63) is 71.3 Å². The standard InChI is InChI=1S/C24H33N5O/c1-25-23(28-18-24(12-13-24)21-10-5-4-6-11-21)27-17-19-8-7-9-20(16-19)22(30)26-14-15-29(2)3/h4-11,16H,12-15,17-18H2,1-3H3,(H,26,30)(H2,25,27,28). The molecule has 3 rings (SSSR count). The zero-order valence-corrected chi connectivity index (χ0v) is 18.2. The molecule has 0 saturated heterocycles. The van der Waals surface area contributed by atoms with Crippen molar-refractivity contribution in [3.8, 4) is 0 Å². The van der Waals surface area contributed by atoms with Crippen LogP contribution in [0.15, 0.2) is 59.6 Å². The summed E-state index contributed by atoms with van der Waals surface area (Å²) in [5, 5.41) is 9.79. The molecule has 3 N–H and O–H groups in total. The Labute approximate surface area is 179 Å². The van der Waals surface area contributed by atoms with Gasteiger partial charge in [-0.3, -0.25) is 9.79 Å². The van der Waals surface area contributed by atoms with Crippen LogP contribution in [0.3, 0.4) is 0 Å². The Bertz CT molecular complexity index is 859. The van der Waals surface area contributed by atoms with E-state index in [9.17, 15) is 4.79 Å². The number of rotatable bonds is 9. The number of guanidine groups is 1. The van der Waals surface area contributed by atoms with Crippen LogP contribution >= 0.6 is 0 Å². The second kappa shape index (κ2) is 10.3. The summed E-state index contributed by atoms with van der Waals surface area (Å²) < 4.78 is 0. The number of hydrogen-bond acceptors (Lipinski definition) is 3. The highest BCUT2D eigenvalue weighted by atomic mass is 16.1. The van der Waals surface area contributed by atoms with Crippen molar-refractivity contribution >= 4 is 11.9 Å². The van der Waals surface area contributed by atoms with Gasteiger partial charge in [-0.25, -0.2) is 0 Å². The second-order valence-corrected chi connectivity index (χ2v) is 8.19. The zero-order valence-electron chi connectivity index (χ0n) is 18.2. The maximum Gasteiger partial charge on any atom is 0.251 e. The lowest BCUT2D eigenvalue weighted by Crippen LogP contribution is -2.40. The van der Waals surface area contributed by atoms with Crippen LogP contribution in [0.1, 0.15) is 34.3 Å². The normalized spacial score (nSPS) is 15.0. The minimum Gasteiger partial charge on any atom is -0.356 e. The summed E-state index contributed by atoms with van der Waals surface area (Å²) in [5.41, 5.74) is 3.34. The highest BCUT2D eigenvalue weighted by molar-refractivity contribution is 5.94. The first kappa shape index (κ1) is 21.8. The molecule has 0 aromatic heterocycles. The molecule has 2 aromatic rings. The van der Waals surface area contributed by atoms with Crippen LogP contribution in [-0.4, -0.2) is 57.5 Å². The van der Waals surface area contributed by atoms with Gasteiger partial charge >= 0.3 is 0 Å². The third-order valence-electron chi connectivity index (χ3n) is 5.55. The molecule has 160 valence electrons. The van der Waals surface area contributed by atoms with Crippen LogP contribution in [0.2, 0.25) is 0 Å². The molecule has 1 amide bonds. The van der Waals surface area contributed by atoms with Gasteiger partial charge in [0, 0.05) is 44.2 Å². The van der Waals surface area contributed by atoms with E-state index in [1.165, 1.54) is 18.4 Å². The quantitative estimate of drug-likeness (QED) is 0.441. The summed E-state index contributed by atoms with van der Waals surface area (Å²) in [6.07, 6.45) is 2.40. The average Bonchev–Trinajstić information content (AvgIpc) is 3.55. The molecule has 1 saturated carbocycles. The number of amides is 1. The molecule has 30 heavy (non-hydrogen) atoms. The van der Waals surface area contributed by atoms with E-state index in [1.807, 2.05) is 43.3 Å². The monoisotopic (exact) mass is 407 g/mol. The Hall–Kier alpha value is -2.86. The van der Waals surface area contributed by atoms with Crippen molar-refractivity contribution < 1.29 is 4.79 Å². The molecule has 0 bridgehead atoms. The van der Waals surface area contributed by atoms with Crippen LogP contribution < -0.4 is 16.0 Å². The van der Waals surface area contributed by atoms with E-state index >= 15 is 0 Å². The molecule has 2 aromatic carbocycles. The van der Waals surface area contributed by atoms with Gasteiger partial charge in [0.25, 0.3) is 5.91 Å². The minimum atomic E-state index is -0.0419. The molecule has 1 aliphatic rings. The number of benzene rings is 2. The summed E-state index contributed by atoms with van der Waals surface area (Å²) in [5.74, 6) is 0.734. The number of nitrogens with zero attached hydrogens (tertiary/aromatic N) is 2. The number of carbonyl (C=O) groups excluding carboxylic acids is 1. The van der Waals surface area contributed by atoms with Crippen molar-refractivity contribution in [1.29, 1.82) is 0 Å². The van der Waals surface area contributed by atoms with Crippen molar-refractivity contribution in [2.75, 3.05) is 40.8 Å². The van der Waals surface area contributed by atoms with Crippen molar-refractivity contribution in [1.82, 2.24) is 20.9 Å². The Kier molecular flexibility index (Phi) is 7.46. The van der Waals surface area contributed by atoms with E-state index in [0.29, 0.717) is 18.7 Å². The smallest absolute Gasteiger partial charge is 0.251 e. The fourth-order valence-corrected chi connectivity index (χ4v) is 3.49. The van der Waals surface area contributed by atoms with Crippen LogP contribution in [0, 0.1) is 0 Å². The lowest BCUT2D eigenvalue weighted by Gasteiger charge is -2.19. The molecule has 0 spiro atoms. The van der Waals surface area contributed by atoms with Crippen LogP contribution in [0.25, 0.3) is 0 Å². The molecular weight excluding hydrogens is 374 g/mol. The van der Waals surface area contributed by atoms with E-state index in [2.05, 4.69) is 51.3 Å². The predicted octanol–water partition coefficient (Wildman–Crippen LogP) is 2.37. The SMILES string of the molecule is CN=C(NCc1cccc(C(=O)NCCN(C)C)c1)NCC1(c2ccccc2)CC1. The van der Waals surface area contributed by atoms with Crippen molar-refractivity contribution in [2.45, 2.75) is 24.8 Å². The molecule has 1 aliphatic carbocycles. The molecule has 0 heterocycles. The first-order valence-corrected chi connectivity index (χ1v) is 10.5. The summed E-state index contributed by atoms with van der Waals surface area (Å²) in [6.45, 7) is 2.93. The van der Waals surface area contributed by atoms with E-state index < -0.39 is 0 Å². The molecule has 0 radical (unpaired) electrons. The first-order chi connectivity index (χ1) is 14.5. The van der Waals surface area contributed by atoms with Gasteiger partial charge in [-0.15, -0.1) is 0 Å². The van der Waals surface area contributed by atoms with Gasteiger partial charge in [-0.1, -0.05) is 42.5 Å². The highest BCUT2D eigenvalue weighted by Crippen LogP contribution is 2.47. The fraction of sp³-hybridized carbons (Fsp3) is 0.417. The lowest BCUT2D eigenvalue weighted by molar-refractivity contribution is 0.0951. The molecule has 0 aliphatic heterocycles. The molecule has 0 atom stereocenters. The fourth-order valence-electron chi connectivity index (χ4n) is 3.49. The van der Waals surface area contributed by atoms with Gasteiger partial charge < -0.3 is 20.9 Å². The van der Waals surface area contributed by atoms with Gasteiger partial charge in [-0.05, 0) is 50.2 Å². The number of likely N-dealkylation sites (N-methyl/N-ethyl adjacent to an activating group) is 1. The Morgan fingerprint density at radius 2 is 1.80 bits per heavy atom. The Morgan fingerprint density at radius 3 is 2.47 bits per heavy atom. The maximum atomic E-state index is 12.3. The van der Waals surface area contributed by atoms with Gasteiger partial charge in [0.15, 0.2) is 5.96 Å². The number of carbonyl (C=O) groups is 1. The van der Waals surface area contributed by atoms with Crippen LogP contribution in [0.5, 0.6) is 0 Å². The molecule has 6 heteroatoms. The van der Waals surface area contributed by atoms with Crippen LogP contribution in [-0.2, 0) is 12.0 Å². The summed E-state index contributed by atoms with van der Waals surface area (Å²) in [7, 11) is 5.76. The summed E-state index contributed by atoms with van der Waals surface area (Å²) in [4.78, 5) is 18.7. The molecular formula is C24H33N5O. The summed E-state index contributed by atoms with van der Waals surface area (Å²) in [6, 6.07) is 18.4. The van der Waals surface area contributed by atoms with Gasteiger partial charge in [0.05, 0.1) is 0 Å². The second-order valence-electron chi connectivity index (χ2n) is 8.19. The van der Waals surface area contributed by atoms with Gasteiger partial charge in [0.1, 0.15) is 0 Å². The average molecular weight is 408 g/mol. The predicted molar refractivity (Wildman–Crippen MR) is 123 cm³/mol.